The molecule has 0 amide bonds. The minimum absolute atomic E-state index is 0.0328. The Hall–Kier alpha value is -0.740. The summed E-state index contributed by atoms with van der Waals surface area (Å²) >= 11 is 3.41. The van der Waals surface area contributed by atoms with Crippen LogP contribution in [0.4, 0.5) is 0 Å². The monoisotopic (exact) mass is 271 g/mol. The number of benzene rings is 1. The zero-order valence-corrected chi connectivity index (χ0v) is 9.92. The summed E-state index contributed by atoms with van der Waals surface area (Å²) in [6.07, 6.45) is 3.07. The molecule has 4 N–H and O–H groups in total. The van der Waals surface area contributed by atoms with Crippen LogP contribution in [-0.2, 0) is 5.41 Å². The van der Waals surface area contributed by atoms with Gasteiger partial charge in [0.15, 0.2) is 11.5 Å². The summed E-state index contributed by atoms with van der Waals surface area (Å²) < 4.78 is 0.822. The van der Waals surface area contributed by atoms with Crippen molar-refractivity contribution in [2.75, 3.05) is 6.54 Å². The Kier molecular flexibility index (Phi) is 2.64. The van der Waals surface area contributed by atoms with Crippen molar-refractivity contribution in [3.05, 3.63) is 22.2 Å². The highest BCUT2D eigenvalue weighted by Gasteiger charge is 2.41. The van der Waals surface area contributed by atoms with Crippen molar-refractivity contribution in [2.24, 2.45) is 5.73 Å². The second-order valence-corrected chi connectivity index (χ2v) is 4.98. The van der Waals surface area contributed by atoms with E-state index in [-0.39, 0.29) is 16.9 Å². The summed E-state index contributed by atoms with van der Waals surface area (Å²) in [6.45, 7) is 0.503. The van der Waals surface area contributed by atoms with Gasteiger partial charge in [0.1, 0.15) is 0 Å². The van der Waals surface area contributed by atoms with Crippen LogP contribution in [0.1, 0.15) is 24.8 Å². The molecule has 0 radical (unpaired) electrons. The lowest BCUT2D eigenvalue weighted by Crippen LogP contribution is -2.41. The van der Waals surface area contributed by atoms with Gasteiger partial charge in [0.05, 0.1) is 0 Å². The van der Waals surface area contributed by atoms with Crippen LogP contribution in [0, 0.1) is 0 Å². The van der Waals surface area contributed by atoms with E-state index < -0.39 is 0 Å². The van der Waals surface area contributed by atoms with Gasteiger partial charge in [-0.3, -0.25) is 0 Å². The van der Waals surface area contributed by atoms with Gasteiger partial charge in [0.2, 0.25) is 0 Å². The summed E-state index contributed by atoms with van der Waals surface area (Å²) in [4.78, 5) is 0. The lowest BCUT2D eigenvalue weighted by molar-refractivity contribution is 0.241. The maximum atomic E-state index is 9.87. The molecule has 1 aromatic carbocycles. The molecule has 0 bridgehead atoms. The summed E-state index contributed by atoms with van der Waals surface area (Å²) in [5, 5.41) is 19.4. The molecule has 0 aliphatic heterocycles. The lowest BCUT2D eigenvalue weighted by atomic mass is 9.64. The third-order valence-electron chi connectivity index (χ3n) is 3.34. The second-order valence-electron chi connectivity index (χ2n) is 4.13. The first-order chi connectivity index (χ1) is 7.10. The molecule has 4 heteroatoms. The molecule has 0 saturated heterocycles. The molecule has 1 fully saturated rings. The summed E-state index contributed by atoms with van der Waals surface area (Å²) in [7, 11) is 0. The molecule has 1 saturated carbocycles. The van der Waals surface area contributed by atoms with E-state index in [4.69, 9.17) is 5.73 Å². The van der Waals surface area contributed by atoms with Crippen molar-refractivity contribution in [1.82, 2.24) is 0 Å². The summed E-state index contributed by atoms with van der Waals surface area (Å²) in [5.74, 6) is -0.109. The Morgan fingerprint density at radius 3 is 2.47 bits per heavy atom. The minimum atomic E-state index is -0.151. The minimum Gasteiger partial charge on any atom is -0.504 e. The fraction of sp³-hybridized carbons (Fsp3) is 0.455. The van der Waals surface area contributed by atoms with Gasteiger partial charge < -0.3 is 15.9 Å². The van der Waals surface area contributed by atoms with Crippen LogP contribution >= 0.6 is 15.9 Å². The third kappa shape index (κ3) is 1.52. The fourth-order valence-corrected chi connectivity index (χ4v) is 2.96. The predicted molar refractivity (Wildman–Crippen MR) is 62.1 cm³/mol. The predicted octanol–water partition coefficient (Wildman–Crippen LogP) is 2.24. The van der Waals surface area contributed by atoms with Gasteiger partial charge in [-0.25, -0.2) is 0 Å². The number of halogens is 1. The standard InChI is InChI=1S/C11H14BrNO2/c12-7-2-3-8(14)10(15)9(7)11(6-13)4-1-5-11/h2-3,14-15H,1,4-6,13H2. The Bertz CT molecular complexity index is 383. The maximum Gasteiger partial charge on any atom is 0.162 e. The van der Waals surface area contributed by atoms with Crippen LogP contribution in [0.15, 0.2) is 16.6 Å². The Morgan fingerprint density at radius 1 is 1.33 bits per heavy atom. The highest BCUT2D eigenvalue weighted by Crippen LogP contribution is 2.51. The average Bonchev–Trinajstić information content (AvgIpc) is 2.16. The quantitative estimate of drug-likeness (QED) is 0.723. The van der Waals surface area contributed by atoms with E-state index in [9.17, 15) is 10.2 Å². The van der Waals surface area contributed by atoms with Crippen LogP contribution in [-0.4, -0.2) is 16.8 Å². The number of hydrogen-bond acceptors (Lipinski definition) is 3. The van der Waals surface area contributed by atoms with Crippen molar-refractivity contribution in [1.29, 1.82) is 0 Å². The molecule has 1 aromatic rings. The normalized spacial score (nSPS) is 18.5. The highest BCUT2D eigenvalue weighted by atomic mass is 79.9. The van der Waals surface area contributed by atoms with Crippen LogP contribution in [0.2, 0.25) is 0 Å². The van der Waals surface area contributed by atoms with Crippen molar-refractivity contribution in [2.45, 2.75) is 24.7 Å². The first-order valence-corrected chi connectivity index (χ1v) is 5.81. The molecule has 0 atom stereocenters. The van der Waals surface area contributed by atoms with Gasteiger partial charge in [0.25, 0.3) is 0 Å². The van der Waals surface area contributed by atoms with Gasteiger partial charge in [0, 0.05) is 22.0 Å². The molecular weight excluding hydrogens is 258 g/mol. The molecule has 1 aliphatic rings. The average molecular weight is 272 g/mol. The molecular formula is C11H14BrNO2. The van der Waals surface area contributed by atoms with E-state index in [2.05, 4.69) is 15.9 Å². The highest BCUT2D eigenvalue weighted by molar-refractivity contribution is 9.10. The topological polar surface area (TPSA) is 66.5 Å². The molecule has 0 spiro atoms. The van der Waals surface area contributed by atoms with Crippen LogP contribution < -0.4 is 5.73 Å². The maximum absolute atomic E-state index is 9.87. The number of hydrogen-bond donors (Lipinski definition) is 3. The third-order valence-corrected chi connectivity index (χ3v) is 4.00. The van der Waals surface area contributed by atoms with E-state index in [0.717, 1.165) is 29.3 Å². The number of phenols is 2. The van der Waals surface area contributed by atoms with Crippen LogP contribution in [0.5, 0.6) is 11.5 Å². The van der Waals surface area contributed by atoms with E-state index in [1.165, 1.54) is 6.07 Å². The number of rotatable bonds is 2. The first-order valence-electron chi connectivity index (χ1n) is 5.02. The Balaban J connectivity index is 2.55. The Labute approximate surface area is 97.0 Å². The molecule has 2 rings (SSSR count). The van der Waals surface area contributed by atoms with Crippen molar-refractivity contribution in [3.63, 3.8) is 0 Å². The van der Waals surface area contributed by atoms with Gasteiger partial charge >= 0.3 is 0 Å². The number of phenolic OH excluding ortho intramolecular Hbond substituents is 2. The molecule has 15 heavy (non-hydrogen) atoms. The second kappa shape index (κ2) is 3.68. The van der Waals surface area contributed by atoms with Crippen molar-refractivity contribution in [3.8, 4) is 11.5 Å². The lowest BCUT2D eigenvalue weighted by Gasteiger charge is -2.42. The SMILES string of the molecule is NCC1(c2c(Br)ccc(O)c2O)CCC1. The molecule has 0 unspecified atom stereocenters. The van der Waals surface area contributed by atoms with Crippen LogP contribution in [0.3, 0.4) is 0 Å². The number of aromatic hydroxyl groups is 2. The zero-order valence-electron chi connectivity index (χ0n) is 8.33. The largest absolute Gasteiger partial charge is 0.504 e. The van der Waals surface area contributed by atoms with E-state index in [0.29, 0.717) is 6.54 Å². The first kappa shape index (κ1) is 10.8. The fourth-order valence-electron chi connectivity index (χ4n) is 2.22. The van der Waals surface area contributed by atoms with Crippen molar-refractivity contribution < 1.29 is 10.2 Å². The van der Waals surface area contributed by atoms with Gasteiger partial charge in [-0.2, -0.15) is 0 Å². The van der Waals surface area contributed by atoms with E-state index in [1.54, 1.807) is 6.07 Å². The zero-order chi connectivity index (χ0) is 11.1. The van der Waals surface area contributed by atoms with Crippen molar-refractivity contribution >= 4 is 15.9 Å². The molecule has 0 heterocycles. The van der Waals surface area contributed by atoms with E-state index in [1.807, 2.05) is 0 Å². The van der Waals surface area contributed by atoms with Crippen LogP contribution in [0.25, 0.3) is 0 Å². The summed E-state index contributed by atoms with van der Waals surface area (Å²) in [6, 6.07) is 3.23. The van der Waals surface area contributed by atoms with Gasteiger partial charge in [-0.1, -0.05) is 22.4 Å². The molecule has 82 valence electrons. The van der Waals surface area contributed by atoms with Gasteiger partial charge in [-0.05, 0) is 25.0 Å². The smallest absolute Gasteiger partial charge is 0.162 e. The van der Waals surface area contributed by atoms with Gasteiger partial charge in [-0.15, -0.1) is 0 Å². The molecule has 0 aromatic heterocycles. The Morgan fingerprint density at radius 2 is 2.00 bits per heavy atom. The number of nitrogens with two attached hydrogens (primary N) is 1. The molecule has 3 nitrogen and oxygen atoms in total. The summed E-state index contributed by atoms with van der Waals surface area (Å²) in [5.41, 5.74) is 6.38. The molecule has 1 aliphatic carbocycles. The van der Waals surface area contributed by atoms with E-state index >= 15 is 0 Å².